The van der Waals surface area contributed by atoms with E-state index in [1.54, 1.807) is 0 Å². The second kappa shape index (κ2) is 4.86. The molecule has 0 radical (unpaired) electrons. The fourth-order valence-corrected chi connectivity index (χ4v) is 2.83. The summed E-state index contributed by atoms with van der Waals surface area (Å²) in [5, 5.41) is 9.31. The van der Waals surface area contributed by atoms with Crippen LogP contribution in [-0.4, -0.2) is 0 Å². The van der Waals surface area contributed by atoms with E-state index in [0.717, 1.165) is 5.56 Å². The van der Waals surface area contributed by atoms with Crippen LogP contribution in [0.1, 0.15) is 34.6 Å². The first kappa shape index (κ1) is 12.5. The van der Waals surface area contributed by atoms with Crippen LogP contribution in [0, 0.1) is 18.3 Å². The molecule has 0 saturated heterocycles. The molecular formula is C18H16N2. The molecule has 1 unspecified atom stereocenters. The highest BCUT2D eigenvalue weighted by atomic mass is 14.6. The molecule has 2 nitrogen and oxygen atoms in total. The number of benzene rings is 2. The Morgan fingerprint density at radius 3 is 2.50 bits per heavy atom. The molecule has 1 aliphatic carbocycles. The van der Waals surface area contributed by atoms with Crippen molar-refractivity contribution in [3.63, 3.8) is 0 Å². The first-order valence-electron chi connectivity index (χ1n) is 6.75. The number of aryl methyl sites for hydroxylation is 1. The molecule has 0 heterocycles. The maximum Gasteiger partial charge on any atom is 0.0969 e. The number of hydrogen-bond acceptors (Lipinski definition) is 2. The summed E-state index contributed by atoms with van der Waals surface area (Å²) in [6.07, 6.45) is 0.683. The smallest absolute Gasteiger partial charge is 0.0969 e. The molecule has 0 fully saturated rings. The predicted molar refractivity (Wildman–Crippen MR) is 80.8 cm³/mol. The second-order valence-electron chi connectivity index (χ2n) is 5.26. The van der Waals surface area contributed by atoms with Gasteiger partial charge in [-0.3, -0.25) is 0 Å². The zero-order valence-electron chi connectivity index (χ0n) is 11.4. The Morgan fingerprint density at radius 2 is 1.80 bits per heavy atom. The van der Waals surface area contributed by atoms with E-state index >= 15 is 0 Å². The summed E-state index contributed by atoms with van der Waals surface area (Å²) >= 11 is 0. The molecule has 0 spiro atoms. The standard InChI is InChI=1S/C18H16N2/c1-12-6-8-13(9-7-12)17-10-14(11-19)18(20)16-5-3-2-4-15(16)17/h2-9,17H,10,20H2,1H3. The molecular weight excluding hydrogens is 244 g/mol. The van der Waals surface area contributed by atoms with Crippen molar-refractivity contribution >= 4 is 5.70 Å². The molecule has 0 bridgehead atoms. The average Bonchev–Trinajstić information content (AvgIpc) is 2.49. The van der Waals surface area contributed by atoms with Crippen LogP contribution in [0.15, 0.2) is 54.1 Å². The van der Waals surface area contributed by atoms with Crippen molar-refractivity contribution in [2.45, 2.75) is 19.3 Å². The first-order valence-corrected chi connectivity index (χ1v) is 6.75. The van der Waals surface area contributed by atoms with Crippen LogP contribution in [0.4, 0.5) is 0 Å². The number of fused-ring (bicyclic) bond motifs is 1. The van der Waals surface area contributed by atoms with Gasteiger partial charge >= 0.3 is 0 Å². The molecule has 98 valence electrons. The molecule has 1 atom stereocenters. The van der Waals surface area contributed by atoms with E-state index in [-0.39, 0.29) is 5.92 Å². The van der Waals surface area contributed by atoms with Crippen LogP contribution in [0.3, 0.4) is 0 Å². The number of nitrogens with zero attached hydrogens (tertiary/aromatic N) is 1. The molecule has 2 heteroatoms. The van der Waals surface area contributed by atoms with Crippen LogP contribution in [0.5, 0.6) is 0 Å². The molecule has 0 aromatic heterocycles. The van der Waals surface area contributed by atoms with Gasteiger partial charge in [-0.2, -0.15) is 5.26 Å². The van der Waals surface area contributed by atoms with Gasteiger partial charge in [0.25, 0.3) is 0 Å². The summed E-state index contributed by atoms with van der Waals surface area (Å²) in [6.45, 7) is 2.08. The largest absolute Gasteiger partial charge is 0.397 e. The normalized spacial score (nSPS) is 17.5. The Balaban J connectivity index is 2.15. The lowest BCUT2D eigenvalue weighted by Crippen LogP contribution is -2.15. The lowest BCUT2D eigenvalue weighted by Gasteiger charge is -2.26. The molecule has 0 amide bonds. The van der Waals surface area contributed by atoms with Crippen LogP contribution in [0.25, 0.3) is 5.70 Å². The molecule has 0 saturated carbocycles. The average molecular weight is 260 g/mol. The van der Waals surface area contributed by atoms with E-state index in [1.165, 1.54) is 16.7 Å². The third kappa shape index (κ3) is 1.98. The maximum absolute atomic E-state index is 9.31. The van der Waals surface area contributed by atoms with Gasteiger partial charge < -0.3 is 5.73 Å². The fourth-order valence-electron chi connectivity index (χ4n) is 2.83. The van der Waals surface area contributed by atoms with E-state index in [0.29, 0.717) is 17.7 Å². The highest BCUT2D eigenvalue weighted by Gasteiger charge is 2.26. The zero-order valence-corrected chi connectivity index (χ0v) is 11.4. The van der Waals surface area contributed by atoms with Gasteiger partial charge in [-0.05, 0) is 24.5 Å². The Morgan fingerprint density at radius 1 is 1.10 bits per heavy atom. The van der Waals surface area contributed by atoms with Crippen molar-refractivity contribution in [1.29, 1.82) is 5.26 Å². The monoisotopic (exact) mass is 260 g/mol. The topological polar surface area (TPSA) is 49.8 Å². The quantitative estimate of drug-likeness (QED) is 0.849. The number of allylic oxidation sites excluding steroid dienone is 1. The number of rotatable bonds is 1. The SMILES string of the molecule is Cc1ccc(C2CC(C#N)=C(N)c3ccccc32)cc1. The van der Waals surface area contributed by atoms with Crippen molar-refractivity contribution < 1.29 is 0 Å². The Hall–Kier alpha value is -2.53. The third-order valence-electron chi connectivity index (χ3n) is 3.97. The highest BCUT2D eigenvalue weighted by Crippen LogP contribution is 2.40. The highest BCUT2D eigenvalue weighted by molar-refractivity contribution is 5.75. The van der Waals surface area contributed by atoms with Crippen molar-refractivity contribution in [3.8, 4) is 6.07 Å². The third-order valence-corrected chi connectivity index (χ3v) is 3.97. The van der Waals surface area contributed by atoms with Crippen molar-refractivity contribution in [2.75, 3.05) is 0 Å². The summed E-state index contributed by atoms with van der Waals surface area (Å²) in [5.41, 5.74) is 12.1. The summed E-state index contributed by atoms with van der Waals surface area (Å²) in [6, 6.07) is 18.9. The Bertz CT molecular complexity index is 718. The lowest BCUT2D eigenvalue weighted by atomic mass is 9.78. The number of hydrogen-bond donors (Lipinski definition) is 1. The van der Waals surface area contributed by atoms with Gasteiger partial charge in [0.1, 0.15) is 0 Å². The van der Waals surface area contributed by atoms with E-state index < -0.39 is 0 Å². The van der Waals surface area contributed by atoms with E-state index in [1.807, 2.05) is 18.2 Å². The summed E-state index contributed by atoms with van der Waals surface area (Å²) < 4.78 is 0. The van der Waals surface area contributed by atoms with Crippen LogP contribution < -0.4 is 5.73 Å². The van der Waals surface area contributed by atoms with Crippen molar-refractivity contribution in [3.05, 3.63) is 76.4 Å². The van der Waals surface area contributed by atoms with Crippen LogP contribution >= 0.6 is 0 Å². The van der Waals surface area contributed by atoms with Gasteiger partial charge in [0.05, 0.1) is 17.3 Å². The minimum Gasteiger partial charge on any atom is -0.397 e. The van der Waals surface area contributed by atoms with Gasteiger partial charge in [0, 0.05) is 11.5 Å². The first-order chi connectivity index (χ1) is 9.70. The Labute approximate surface area is 119 Å². The zero-order chi connectivity index (χ0) is 14.1. The summed E-state index contributed by atoms with van der Waals surface area (Å²) in [4.78, 5) is 0. The van der Waals surface area contributed by atoms with Crippen molar-refractivity contribution in [1.82, 2.24) is 0 Å². The molecule has 2 N–H and O–H groups in total. The van der Waals surface area contributed by atoms with E-state index in [9.17, 15) is 5.26 Å². The summed E-state index contributed by atoms with van der Waals surface area (Å²) in [5.74, 6) is 0.216. The summed E-state index contributed by atoms with van der Waals surface area (Å²) in [7, 11) is 0. The Kier molecular flexibility index (Phi) is 3.04. The van der Waals surface area contributed by atoms with Gasteiger partial charge in [-0.25, -0.2) is 0 Å². The molecule has 1 aliphatic rings. The van der Waals surface area contributed by atoms with Gasteiger partial charge in [-0.15, -0.1) is 0 Å². The van der Waals surface area contributed by atoms with Gasteiger partial charge in [0.2, 0.25) is 0 Å². The van der Waals surface area contributed by atoms with Crippen molar-refractivity contribution in [2.24, 2.45) is 5.73 Å². The van der Waals surface area contributed by atoms with Crippen LogP contribution in [0.2, 0.25) is 0 Å². The second-order valence-corrected chi connectivity index (χ2v) is 5.26. The molecule has 20 heavy (non-hydrogen) atoms. The van der Waals surface area contributed by atoms with E-state index in [4.69, 9.17) is 5.73 Å². The maximum atomic E-state index is 9.31. The number of nitrogens with two attached hydrogens (primary N) is 1. The molecule has 0 aliphatic heterocycles. The van der Waals surface area contributed by atoms with Crippen LogP contribution in [-0.2, 0) is 0 Å². The minimum atomic E-state index is 0.216. The minimum absolute atomic E-state index is 0.216. The van der Waals surface area contributed by atoms with Gasteiger partial charge in [-0.1, -0.05) is 54.1 Å². The molecule has 2 aromatic carbocycles. The lowest BCUT2D eigenvalue weighted by molar-refractivity contribution is 0.792. The molecule has 2 aromatic rings. The fraction of sp³-hybridized carbons (Fsp3) is 0.167. The predicted octanol–water partition coefficient (Wildman–Crippen LogP) is 3.72. The number of nitriles is 1. The van der Waals surface area contributed by atoms with E-state index in [2.05, 4.69) is 43.3 Å². The van der Waals surface area contributed by atoms with Gasteiger partial charge in [0.15, 0.2) is 0 Å². The molecule has 3 rings (SSSR count).